The molecular weight excluding hydrogens is 438 g/mol. The highest BCUT2D eigenvalue weighted by atomic mass is 16.6. The van der Waals surface area contributed by atoms with E-state index in [4.69, 9.17) is 25.7 Å². The number of nitrogens with two attached hydrogens (primary N) is 2. The molecule has 2 unspecified atom stereocenters. The number of methoxy groups -OCH3 is 2. The highest BCUT2D eigenvalue weighted by molar-refractivity contribution is 5.60. The Morgan fingerprint density at radius 2 is 1.71 bits per heavy atom. The lowest BCUT2D eigenvalue weighted by molar-refractivity contribution is -0.384. The lowest BCUT2D eigenvalue weighted by Gasteiger charge is -2.29. The van der Waals surface area contributed by atoms with Crippen LogP contribution in [0.25, 0.3) is 0 Å². The van der Waals surface area contributed by atoms with Crippen molar-refractivity contribution < 1.29 is 24.2 Å². The first kappa shape index (κ1) is 24.8. The van der Waals surface area contributed by atoms with Gasteiger partial charge in [-0.3, -0.25) is 10.1 Å². The molecule has 0 spiro atoms. The van der Waals surface area contributed by atoms with Crippen molar-refractivity contribution in [1.29, 1.82) is 0 Å². The van der Waals surface area contributed by atoms with Gasteiger partial charge in [-0.25, -0.2) is 0 Å². The van der Waals surface area contributed by atoms with Gasteiger partial charge in [-0.2, -0.15) is 0 Å². The second kappa shape index (κ2) is 11.4. The summed E-state index contributed by atoms with van der Waals surface area (Å²) in [5, 5.41) is 22.0. The molecular formula is C25H29N3O6. The molecule has 0 aromatic heterocycles. The molecule has 0 saturated heterocycles. The number of ether oxygens (including phenoxy) is 3. The number of anilines is 1. The van der Waals surface area contributed by atoms with E-state index in [-0.39, 0.29) is 29.6 Å². The Morgan fingerprint density at radius 3 is 2.35 bits per heavy atom. The van der Waals surface area contributed by atoms with Crippen LogP contribution in [0.3, 0.4) is 0 Å². The van der Waals surface area contributed by atoms with E-state index in [9.17, 15) is 15.2 Å². The summed E-state index contributed by atoms with van der Waals surface area (Å²) in [7, 11) is 3.12. The lowest BCUT2D eigenvalue weighted by atomic mass is 9.83. The summed E-state index contributed by atoms with van der Waals surface area (Å²) in [5.41, 5.74) is 13.9. The average Bonchev–Trinajstić information content (AvgIpc) is 2.86. The molecule has 9 nitrogen and oxygen atoms in total. The number of rotatable bonds is 11. The average molecular weight is 468 g/mol. The van der Waals surface area contributed by atoms with E-state index >= 15 is 0 Å². The maximum atomic E-state index is 11.1. The highest BCUT2D eigenvalue weighted by Gasteiger charge is 2.28. The smallest absolute Gasteiger partial charge is 0.295 e. The standard InChI is InChI=1S/C25H29N3O6/c1-32-23-11-8-17(13-24(23)33-2)19(12-16-6-4-3-5-7-16)25(27)22(29)15-34-18-9-10-20(26)21(14-18)28(30)31/h3-11,13-14,19,22,25,29H,12,15,26-27H2,1-2H3/t19?,22-,25?/m1/s1. The maximum Gasteiger partial charge on any atom is 0.295 e. The van der Waals surface area contributed by atoms with Gasteiger partial charge >= 0.3 is 0 Å². The molecule has 0 aliphatic carbocycles. The van der Waals surface area contributed by atoms with Gasteiger partial charge in [-0.1, -0.05) is 36.4 Å². The van der Waals surface area contributed by atoms with Gasteiger partial charge < -0.3 is 30.8 Å². The third-order valence-corrected chi connectivity index (χ3v) is 5.66. The topological polar surface area (TPSA) is 143 Å². The van der Waals surface area contributed by atoms with Crippen LogP contribution in [0.15, 0.2) is 66.7 Å². The summed E-state index contributed by atoms with van der Waals surface area (Å²) in [4.78, 5) is 10.5. The zero-order valence-electron chi connectivity index (χ0n) is 19.1. The van der Waals surface area contributed by atoms with Crippen LogP contribution < -0.4 is 25.7 Å². The van der Waals surface area contributed by atoms with Gasteiger partial charge in [-0.05, 0) is 41.8 Å². The van der Waals surface area contributed by atoms with Crippen molar-refractivity contribution in [3.63, 3.8) is 0 Å². The zero-order valence-corrected chi connectivity index (χ0v) is 19.1. The Balaban J connectivity index is 1.82. The first-order valence-electron chi connectivity index (χ1n) is 10.7. The molecule has 0 fully saturated rings. The van der Waals surface area contributed by atoms with Gasteiger partial charge in [0.1, 0.15) is 24.1 Å². The molecule has 0 bridgehead atoms. The van der Waals surface area contributed by atoms with E-state index in [2.05, 4.69) is 0 Å². The van der Waals surface area contributed by atoms with Crippen LogP contribution in [0.2, 0.25) is 0 Å². The van der Waals surface area contributed by atoms with E-state index in [1.54, 1.807) is 20.3 Å². The van der Waals surface area contributed by atoms with Crippen LogP contribution in [-0.4, -0.2) is 43.0 Å². The predicted octanol–water partition coefficient (Wildman–Crippen LogP) is 3.29. The van der Waals surface area contributed by atoms with Crippen LogP contribution in [0, 0.1) is 10.1 Å². The normalized spacial score (nSPS) is 13.5. The van der Waals surface area contributed by atoms with Crippen molar-refractivity contribution in [2.45, 2.75) is 24.5 Å². The van der Waals surface area contributed by atoms with Crippen LogP contribution in [0.1, 0.15) is 17.0 Å². The van der Waals surface area contributed by atoms with Gasteiger partial charge in [0.25, 0.3) is 5.69 Å². The molecule has 3 rings (SSSR count). The first-order valence-corrected chi connectivity index (χ1v) is 10.7. The molecule has 3 atom stereocenters. The fourth-order valence-corrected chi connectivity index (χ4v) is 3.76. The van der Waals surface area contributed by atoms with Crippen molar-refractivity contribution in [2.24, 2.45) is 5.73 Å². The summed E-state index contributed by atoms with van der Waals surface area (Å²) in [5.74, 6) is 1.09. The van der Waals surface area contributed by atoms with Gasteiger partial charge in [0.2, 0.25) is 0 Å². The minimum Gasteiger partial charge on any atom is -0.493 e. The zero-order chi connectivity index (χ0) is 24.7. The fraction of sp³-hybridized carbons (Fsp3) is 0.280. The number of nitrogen functional groups attached to an aromatic ring is 1. The molecule has 5 N–H and O–H groups in total. The Bertz CT molecular complexity index is 1110. The SMILES string of the molecule is COc1ccc(C(Cc2ccccc2)C(N)[C@H](O)COc2ccc(N)c([N+](=O)[O-])c2)cc1OC. The molecule has 3 aromatic carbocycles. The van der Waals surface area contributed by atoms with Gasteiger partial charge in [0.15, 0.2) is 11.5 Å². The van der Waals surface area contributed by atoms with E-state index in [0.717, 1.165) is 11.1 Å². The second-order valence-electron chi connectivity index (χ2n) is 7.84. The van der Waals surface area contributed by atoms with Gasteiger partial charge in [0.05, 0.1) is 25.2 Å². The van der Waals surface area contributed by atoms with E-state index in [0.29, 0.717) is 17.9 Å². The number of nitrogens with zero attached hydrogens (tertiary/aromatic N) is 1. The summed E-state index contributed by atoms with van der Waals surface area (Å²) >= 11 is 0. The highest BCUT2D eigenvalue weighted by Crippen LogP contribution is 2.34. The third-order valence-electron chi connectivity index (χ3n) is 5.66. The van der Waals surface area contributed by atoms with Crippen molar-refractivity contribution >= 4 is 11.4 Å². The minimum atomic E-state index is -1.06. The molecule has 180 valence electrons. The van der Waals surface area contributed by atoms with Crippen molar-refractivity contribution in [1.82, 2.24) is 0 Å². The van der Waals surface area contributed by atoms with Crippen molar-refractivity contribution in [3.05, 3.63) is 88.0 Å². The molecule has 0 aliphatic heterocycles. The second-order valence-corrected chi connectivity index (χ2v) is 7.84. The van der Waals surface area contributed by atoms with Crippen LogP contribution >= 0.6 is 0 Å². The van der Waals surface area contributed by atoms with Crippen molar-refractivity contribution in [2.75, 3.05) is 26.6 Å². The van der Waals surface area contributed by atoms with E-state index in [1.165, 1.54) is 18.2 Å². The first-order chi connectivity index (χ1) is 16.3. The molecule has 0 aliphatic rings. The van der Waals surface area contributed by atoms with Crippen LogP contribution in [-0.2, 0) is 6.42 Å². The van der Waals surface area contributed by atoms with E-state index < -0.39 is 17.1 Å². The largest absolute Gasteiger partial charge is 0.493 e. The number of benzene rings is 3. The Hall–Kier alpha value is -3.82. The van der Waals surface area contributed by atoms with Crippen LogP contribution in [0.4, 0.5) is 11.4 Å². The number of hydrogen-bond acceptors (Lipinski definition) is 8. The van der Waals surface area contributed by atoms with Crippen LogP contribution in [0.5, 0.6) is 17.2 Å². The summed E-state index contributed by atoms with van der Waals surface area (Å²) in [6.45, 7) is -0.152. The molecule has 0 radical (unpaired) electrons. The summed E-state index contributed by atoms with van der Waals surface area (Å²) in [6.07, 6.45) is -0.486. The van der Waals surface area contributed by atoms with Gasteiger partial charge in [0, 0.05) is 12.0 Å². The minimum absolute atomic E-state index is 0.0333. The Kier molecular flexibility index (Phi) is 8.29. The molecule has 9 heteroatoms. The van der Waals surface area contributed by atoms with E-state index in [1.807, 2.05) is 42.5 Å². The molecule has 0 heterocycles. The monoisotopic (exact) mass is 467 g/mol. The Morgan fingerprint density at radius 1 is 1.00 bits per heavy atom. The number of aliphatic hydroxyl groups is 1. The quantitative estimate of drug-likeness (QED) is 0.221. The lowest BCUT2D eigenvalue weighted by Crippen LogP contribution is -2.44. The summed E-state index contributed by atoms with van der Waals surface area (Å²) in [6, 6.07) is 18.8. The predicted molar refractivity (Wildman–Crippen MR) is 129 cm³/mol. The third kappa shape index (κ3) is 5.94. The maximum absolute atomic E-state index is 11.1. The number of aliphatic hydroxyl groups excluding tert-OH is 1. The van der Waals surface area contributed by atoms with Gasteiger partial charge in [-0.15, -0.1) is 0 Å². The molecule has 0 saturated carbocycles. The number of hydrogen-bond donors (Lipinski definition) is 3. The Labute approximate surface area is 198 Å². The fourth-order valence-electron chi connectivity index (χ4n) is 3.76. The van der Waals surface area contributed by atoms with Crippen molar-refractivity contribution in [3.8, 4) is 17.2 Å². The molecule has 34 heavy (non-hydrogen) atoms. The molecule has 0 amide bonds. The summed E-state index contributed by atoms with van der Waals surface area (Å²) < 4.78 is 16.4. The number of nitro groups is 1. The molecule has 3 aromatic rings. The number of nitro benzene ring substituents is 1.